The molecule has 9 nitrogen and oxygen atoms in total. The number of benzene rings is 1. The molecule has 1 unspecified atom stereocenters. The molecule has 0 amide bonds. The van der Waals surface area contributed by atoms with Crippen molar-refractivity contribution < 1.29 is 37.4 Å². The molecule has 0 aromatic heterocycles. The fourth-order valence-corrected chi connectivity index (χ4v) is 3.45. The van der Waals surface area contributed by atoms with Crippen molar-refractivity contribution >= 4 is 27.9 Å². The van der Waals surface area contributed by atoms with Crippen LogP contribution in [0.5, 0.6) is 0 Å². The topological polar surface area (TPSA) is 127 Å². The zero-order valence-electron chi connectivity index (χ0n) is 14.2. The van der Waals surface area contributed by atoms with E-state index in [9.17, 15) is 22.8 Å². The third-order valence-corrected chi connectivity index (χ3v) is 5.31. The van der Waals surface area contributed by atoms with Gasteiger partial charge in [0.15, 0.2) is 0 Å². The number of methoxy groups -OCH3 is 2. The molecule has 1 aromatic carbocycles. The number of esters is 2. The molecule has 1 N–H and O–H groups in total. The van der Waals surface area contributed by atoms with Gasteiger partial charge in [-0.25, -0.2) is 22.3 Å². The number of hydrogen-bond donors (Lipinski definition) is 1. The van der Waals surface area contributed by atoms with Gasteiger partial charge in [0.25, 0.3) is 0 Å². The molecule has 0 fully saturated rings. The molecule has 1 atom stereocenters. The van der Waals surface area contributed by atoms with Crippen molar-refractivity contribution in [3.8, 4) is 0 Å². The number of aliphatic carboxylic acids is 1. The molecule has 0 spiro atoms. The van der Waals surface area contributed by atoms with E-state index in [2.05, 4.69) is 9.47 Å². The van der Waals surface area contributed by atoms with E-state index in [4.69, 9.17) is 5.11 Å². The third-order valence-electron chi connectivity index (χ3n) is 3.45. The quantitative estimate of drug-likeness (QED) is 0.688. The Bertz CT molecular complexity index is 787. The minimum Gasteiger partial charge on any atom is -0.481 e. The first-order valence-electron chi connectivity index (χ1n) is 7.06. The summed E-state index contributed by atoms with van der Waals surface area (Å²) in [4.78, 5) is 34.0. The molecule has 10 heteroatoms. The van der Waals surface area contributed by atoms with E-state index in [-0.39, 0.29) is 17.7 Å². The van der Waals surface area contributed by atoms with Gasteiger partial charge in [-0.1, -0.05) is 6.92 Å². The van der Waals surface area contributed by atoms with Gasteiger partial charge in [-0.15, -0.1) is 0 Å². The van der Waals surface area contributed by atoms with E-state index < -0.39 is 38.7 Å². The summed E-state index contributed by atoms with van der Waals surface area (Å²) in [6.45, 7) is 1.03. The fourth-order valence-electron chi connectivity index (χ4n) is 1.99. The van der Waals surface area contributed by atoms with E-state index >= 15 is 0 Å². The number of nitrogens with zero attached hydrogens (tertiary/aromatic N) is 1. The average Bonchev–Trinajstić information content (AvgIpc) is 2.59. The van der Waals surface area contributed by atoms with Gasteiger partial charge in [0.2, 0.25) is 10.0 Å². The lowest BCUT2D eigenvalue weighted by Gasteiger charge is -2.21. The lowest BCUT2D eigenvalue weighted by molar-refractivity contribution is -0.141. The Hall–Kier alpha value is -2.46. The van der Waals surface area contributed by atoms with Crippen molar-refractivity contribution in [3.63, 3.8) is 0 Å². The van der Waals surface area contributed by atoms with Gasteiger partial charge >= 0.3 is 17.9 Å². The fraction of sp³-hybridized carbons (Fsp3) is 0.400. The summed E-state index contributed by atoms with van der Waals surface area (Å²) in [7, 11) is -0.858. The molecule has 0 radical (unpaired) electrons. The lowest BCUT2D eigenvalue weighted by Crippen LogP contribution is -2.34. The van der Waals surface area contributed by atoms with Crippen LogP contribution in [0.25, 0.3) is 0 Å². The second-order valence-corrected chi connectivity index (χ2v) is 7.23. The number of hydrogen-bond acceptors (Lipinski definition) is 7. The van der Waals surface area contributed by atoms with Crippen LogP contribution in [0.2, 0.25) is 0 Å². The molecule has 0 heterocycles. The number of rotatable bonds is 7. The number of ether oxygens (including phenoxy) is 2. The van der Waals surface area contributed by atoms with E-state index in [0.717, 1.165) is 30.7 Å². The van der Waals surface area contributed by atoms with Crippen LogP contribution in [0.15, 0.2) is 23.1 Å². The zero-order chi connectivity index (χ0) is 19.4. The number of carbonyl (C=O) groups excluding carboxylic acids is 2. The molecule has 138 valence electrons. The average molecular weight is 373 g/mol. The predicted octanol–water partition coefficient (Wildman–Crippen LogP) is 0.601. The van der Waals surface area contributed by atoms with Crippen molar-refractivity contribution in [2.75, 3.05) is 27.8 Å². The summed E-state index contributed by atoms with van der Waals surface area (Å²) in [6, 6.07) is 3.37. The molecule has 0 saturated carbocycles. The van der Waals surface area contributed by atoms with Gasteiger partial charge in [-0.2, -0.15) is 0 Å². The number of carboxylic acid groups (broad SMARTS) is 1. The van der Waals surface area contributed by atoms with Crippen LogP contribution in [0.4, 0.5) is 0 Å². The Kier molecular flexibility index (Phi) is 6.65. The Morgan fingerprint density at radius 3 is 2.20 bits per heavy atom. The molecule has 0 aliphatic carbocycles. The SMILES string of the molecule is COC(=O)c1ccc(C(=O)OC)c(S(=O)(=O)N(C)CC(C)C(=O)O)c1. The van der Waals surface area contributed by atoms with Crippen molar-refractivity contribution in [2.45, 2.75) is 11.8 Å². The highest BCUT2D eigenvalue weighted by Crippen LogP contribution is 2.23. The van der Waals surface area contributed by atoms with E-state index in [1.54, 1.807) is 0 Å². The highest BCUT2D eigenvalue weighted by molar-refractivity contribution is 7.89. The lowest BCUT2D eigenvalue weighted by atomic mass is 10.1. The first-order valence-corrected chi connectivity index (χ1v) is 8.50. The normalized spacial score (nSPS) is 12.5. The van der Waals surface area contributed by atoms with Crippen LogP contribution in [0.1, 0.15) is 27.6 Å². The van der Waals surface area contributed by atoms with Crippen LogP contribution in [0, 0.1) is 5.92 Å². The maximum atomic E-state index is 12.8. The Balaban J connectivity index is 3.46. The Morgan fingerprint density at radius 1 is 1.16 bits per heavy atom. The van der Waals surface area contributed by atoms with Crippen LogP contribution in [-0.2, 0) is 24.3 Å². The van der Waals surface area contributed by atoms with Gasteiger partial charge in [0.05, 0.1) is 36.2 Å². The standard InChI is InChI=1S/C15H19NO8S/c1-9(13(17)18)8-16(2)25(21,22)12-7-10(14(19)23-3)5-6-11(12)15(20)24-4/h5-7,9H,8H2,1-4H3,(H,17,18). The van der Waals surface area contributed by atoms with Gasteiger partial charge in [0.1, 0.15) is 0 Å². The van der Waals surface area contributed by atoms with E-state index in [0.29, 0.717) is 0 Å². The van der Waals surface area contributed by atoms with E-state index in [1.165, 1.54) is 20.0 Å². The van der Waals surface area contributed by atoms with Gasteiger partial charge in [0, 0.05) is 13.6 Å². The summed E-state index contributed by atoms with van der Waals surface area (Å²) in [5, 5.41) is 8.94. The minimum atomic E-state index is -4.26. The summed E-state index contributed by atoms with van der Waals surface area (Å²) in [6.07, 6.45) is 0. The van der Waals surface area contributed by atoms with Crippen molar-refractivity contribution in [2.24, 2.45) is 5.92 Å². The molecule has 0 saturated heterocycles. The summed E-state index contributed by atoms with van der Waals surface area (Å²) in [5.41, 5.74) is -0.349. The van der Waals surface area contributed by atoms with Crippen LogP contribution >= 0.6 is 0 Å². The first-order chi connectivity index (χ1) is 11.6. The zero-order valence-corrected chi connectivity index (χ0v) is 15.0. The van der Waals surface area contributed by atoms with Crippen molar-refractivity contribution in [3.05, 3.63) is 29.3 Å². The summed E-state index contributed by atoms with van der Waals surface area (Å²) >= 11 is 0. The molecular weight excluding hydrogens is 354 g/mol. The summed E-state index contributed by atoms with van der Waals surface area (Å²) in [5.74, 6) is -3.83. The molecule has 25 heavy (non-hydrogen) atoms. The number of carbonyl (C=O) groups is 3. The van der Waals surface area contributed by atoms with Gasteiger partial charge in [-0.05, 0) is 18.2 Å². The summed E-state index contributed by atoms with van der Waals surface area (Å²) < 4.78 is 35.4. The number of sulfonamides is 1. The molecular formula is C15H19NO8S. The molecule has 1 aromatic rings. The molecule has 0 aliphatic rings. The van der Waals surface area contributed by atoms with Crippen molar-refractivity contribution in [1.29, 1.82) is 0 Å². The smallest absolute Gasteiger partial charge is 0.339 e. The van der Waals surface area contributed by atoms with E-state index in [1.807, 2.05) is 0 Å². The second kappa shape index (κ2) is 8.08. The second-order valence-electron chi connectivity index (χ2n) is 5.22. The van der Waals surface area contributed by atoms with Crippen LogP contribution in [-0.4, -0.2) is 63.5 Å². The molecule has 0 aliphatic heterocycles. The molecule has 0 bridgehead atoms. The van der Waals surface area contributed by atoms with Crippen molar-refractivity contribution in [1.82, 2.24) is 4.31 Å². The third kappa shape index (κ3) is 4.54. The first kappa shape index (κ1) is 20.6. The molecule has 1 rings (SSSR count). The Labute approximate surface area is 145 Å². The minimum absolute atomic E-state index is 0.0755. The Morgan fingerprint density at radius 2 is 1.72 bits per heavy atom. The largest absolute Gasteiger partial charge is 0.481 e. The monoisotopic (exact) mass is 373 g/mol. The highest BCUT2D eigenvalue weighted by Gasteiger charge is 2.30. The maximum absolute atomic E-state index is 12.8. The van der Waals surface area contributed by atoms with Crippen LogP contribution < -0.4 is 0 Å². The van der Waals surface area contributed by atoms with Gasteiger partial charge in [-0.3, -0.25) is 4.79 Å². The number of carboxylic acids is 1. The van der Waals surface area contributed by atoms with Crippen LogP contribution in [0.3, 0.4) is 0 Å². The maximum Gasteiger partial charge on any atom is 0.339 e. The highest BCUT2D eigenvalue weighted by atomic mass is 32.2. The predicted molar refractivity (Wildman–Crippen MR) is 85.7 cm³/mol. The van der Waals surface area contributed by atoms with Gasteiger partial charge < -0.3 is 14.6 Å².